The smallest absolute Gasteiger partial charge is 0.222 e. The van der Waals surface area contributed by atoms with Crippen LogP contribution in [0.4, 0.5) is 0 Å². The van der Waals surface area contributed by atoms with Crippen molar-refractivity contribution in [2.24, 2.45) is 11.7 Å². The number of nitrogens with two attached hydrogens (primary N) is 1. The van der Waals surface area contributed by atoms with Gasteiger partial charge in [0.05, 0.1) is 6.04 Å². The van der Waals surface area contributed by atoms with Crippen LogP contribution in [-0.4, -0.2) is 29.4 Å². The molecular weight excluding hydrogens is 226 g/mol. The van der Waals surface area contributed by atoms with Crippen molar-refractivity contribution in [3.05, 3.63) is 30.1 Å². The van der Waals surface area contributed by atoms with E-state index in [1.807, 2.05) is 26.1 Å². The second-order valence-corrected chi connectivity index (χ2v) is 4.84. The van der Waals surface area contributed by atoms with Gasteiger partial charge in [0.2, 0.25) is 5.91 Å². The highest BCUT2D eigenvalue weighted by Crippen LogP contribution is 2.19. The molecule has 0 spiro atoms. The highest BCUT2D eigenvalue weighted by molar-refractivity contribution is 5.76. The van der Waals surface area contributed by atoms with Crippen LogP contribution in [0.3, 0.4) is 0 Å². The molecule has 0 aromatic carbocycles. The molecular formula is C14H23N3O. The van der Waals surface area contributed by atoms with E-state index >= 15 is 0 Å². The van der Waals surface area contributed by atoms with Gasteiger partial charge >= 0.3 is 0 Å². The molecule has 2 N–H and O–H groups in total. The van der Waals surface area contributed by atoms with Crippen LogP contribution >= 0.6 is 0 Å². The van der Waals surface area contributed by atoms with Crippen LogP contribution in [0.25, 0.3) is 0 Å². The van der Waals surface area contributed by atoms with Crippen molar-refractivity contribution in [2.45, 2.75) is 32.7 Å². The lowest BCUT2D eigenvalue weighted by Crippen LogP contribution is -2.30. The largest absolute Gasteiger partial charge is 0.339 e. The second-order valence-electron chi connectivity index (χ2n) is 4.84. The molecule has 4 heteroatoms. The SMILES string of the molecule is CC(CN)CCC(=O)N(C)C(C)c1ccncc1. The maximum atomic E-state index is 12.0. The molecule has 1 aromatic heterocycles. The van der Waals surface area contributed by atoms with Crippen LogP contribution in [0.2, 0.25) is 0 Å². The first-order valence-corrected chi connectivity index (χ1v) is 6.42. The molecule has 2 unspecified atom stereocenters. The fourth-order valence-corrected chi connectivity index (χ4v) is 1.75. The average Bonchev–Trinajstić information content (AvgIpc) is 2.43. The Morgan fingerprint density at radius 3 is 2.56 bits per heavy atom. The van der Waals surface area contributed by atoms with E-state index in [9.17, 15) is 4.79 Å². The summed E-state index contributed by atoms with van der Waals surface area (Å²) >= 11 is 0. The lowest BCUT2D eigenvalue weighted by atomic mass is 10.0. The Hall–Kier alpha value is -1.42. The molecule has 0 saturated heterocycles. The molecule has 2 atom stereocenters. The molecule has 1 amide bonds. The number of pyridine rings is 1. The molecule has 0 aliphatic carbocycles. The van der Waals surface area contributed by atoms with Crippen molar-refractivity contribution in [1.29, 1.82) is 0 Å². The van der Waals surface area contributed by atoms with Crippen molar-refractivity contribution in [3.63, 3.8) is 0 Å². The van der Waals surface area contributed by atoms with Gasteiger partial charge in [-0.1, -0.05) is 6.92 Å². The van der Waals surface area contributed by atoms with E-state index in [2.05, 4.69) is 11.9 Å². The van der Waals surface area contributed by atoms with Gasteiger partial charge in [-0.2, -0.15) is 0 Å². The summed E-state index contributed by atoms with van der Waals surface area (Å²) in [4.78, 5) is 17.8. The monoisotopic (exact) mass is 249 g/mol. The number of carbonyl (C=O) groups excluding carboxylic acids is 1. The molecule has 1 aromatic rings. The molecule has 1 heterocycles. The minimum atomic E-state index is 0.0775. The van der Waals surface area contributed by atoms with Crippen molar-refractivity contribution >= 4 is 5.91 Å². The van der Waals surface area contributed by atoms with E-state index in [-0.39, 0.29) is 11.9 Å². The minimum absolute atomic E-state index is 0.0775. The fraction of sp³-hybridized carbons (Fsp3) is 0.571. The Bertz CT molecular complexity index is 367. The number of hydrogen-bond acceptors (Lipinski definition) is 3. The number of nitrogens with zero attached hydrogens (tertiary/aromatic N) is 2. The minimum Gasteiger partial charge on any atom is -0.339 e. The van der Waals surface area contributed by atoms with Crippen molar-refractivity contribution < 1.29 is 4.79 Å². The molecule has 18 heavy (non-hydrogen) atoms. The molecule has 0 bridgehead atoms. The molecule has 0 radical (unpaired) electrons. The second kappa shape index (κ2) is 7.11. The number of hydrogen-bond donors (Lipinski definition) is 1. The first-order valence-electron chi connectivity index (χ1n) is 6.42. The van der Waals surface area contributed by atoms with E-state index in [0.717, 1.165) is 12.0 Å². The summed E-state index contributed by atoms with van der Waals surface area (Å²) in [5.41, 5.74) is 6.66. The standard InChI is InChI=1S/C14H23N3O/c1-11(10-15)4-5-14(18)17(3)12(2)13-6-8-16-9-7-13/h6-9,11-12H,4-5,10,15H2,1-3H3. The van der Waals surface area contributed by atoms with E-state index < -0.39 is 0 Å². The lowest BCUT2D eigenvalue weighted by molar-refractivity contribution is -0.132. The summed E-state index contributed by atoms with van der Waals surface area (Å²) in [7, 11) is 1.85. The van der Waals surface area contributed by atoms with Crippen molar-refractivity contribution in [1.82, 2.24) is 9.88 Å². The lowest BCUT2D eigenvalue weighted by Gasteiger charge is -2.25. The fourth-order valence-electron chi connectivity index (χ4n) is 1.75. The first kappa shape index (κ1) is 14.6. The summed E-state index contributed by atoms with van der Waals surface area (Å²) in [5.74, 6) is 0.568. The maximum absolute atomic E-state index is 12.0. The Kier molecular flexibility index (Phi) is 5.78. The number of amides is 1. The Morgan fingerprint density at radius 2 is 2.00 bits per heavy atom. The van der Waals surface area contributed by atoms with Crippen LogP contribution in [0.1, 0.15) is 38.3 Å². The normalized spacial score (nSPS) is 14.0. The zero-order chi connectivity index (χ0) is 13.5. The summed E-state index contributed by atoms with van der Waals surface area (Å²) in [6, 6.07) is 3.96. The highest BCUT2D eigenvalue weighted by Gasteiger charge is 2.17. The molecule has 1 rings (SSSR count). The van der Waals surface area contributed by atoms with E-state index in [1.54, 1.807) is 17.3 Å². The van der Waals surface area contributed by atoms with Gasteiger partial charge in [0, 0.05) is 25.9 Å². The predicted octanol–water partition coefficient (Wildman–Crippen LogP) is 1.98. The van der Waals surface area contributed by atoms with E-state index in [0.29, 0.717) is 18.9 Å². The van der Waals surface area contributed by atoms with Gasteiger partial charge in [0.15, 0.2) is 0 Å². The zero-order valence-corrected chi connectivity index (χ0v) is 11.5. The highest BCUT2D eigenvalue weighted by atomic mass is 16.2. The number of carbonyl (C=O) groups is 1. The summed E-state index contributed by atoms with van der Waals surface area (Å²) in [6.07, 6.45) is 4.91. The van der Waals surface area contributed by atoms with Crippen LogP contribution in [0, 0.1) is 5.92 Å². The number of rotatable bonds is 6. The van der Waals surface area contributed by atoms with Gasteiger partial charge in [-0.05, 0) is 43.5 Å². The van der Waals surface area contributed by atoms with Gasteiger partial charge in [0.1, 0.15) is 0 Å². The summed E-state index contributed by atoms with van der Waals surface area (Å²) < 4.78 is 0. The van der Waals surface area contributed by atoms with Crippen LogP contribution in [-0.2, 0) is 4.79 Å². The van der Waals surface area contributed by atoms with Crippen molar-refractivity contribution in [2.75, 3.05) is 13.6 Å². The summed E-state index contributed by atoms with van der Waals surface area (Å²) in [6.45, 7) is 4.73. The third kappa shape index (κ3) is 4.11. The third-order valence-corrected chi connectivity index (χ3v) is 3.42. The Balaban J connectivity index is 2.53. The maximum Gasteiger partial charge on any atom is 0.222 e. The van der Waals surface area contributed by atoms with Crippen molar-refractivity contribution in [3.8, 4) is 0 Å². The molecule has 0 fully saturated rings. The number of aromatic nitrogens is 1. The molecule has 100 valence electrons. The van der Waals surface area contributed by atoms with Gasteiger partial charge in [-0.25, -0.2) is 0 Å². The van der Waals surface area contributed by atoms with Gasteiger partial charge in [-0.3, -0.25) is 9.78 Å². The van der Waals surface area contributed by atoms with Crippen LogP contribution < -0.4 is 5.73 Å². The van der Waals surface area contributed by atoms with E-state index in [4.69, 9.17) is 5.73 Å². The molecule has 0 saturated carbocycles. The quantitative estimate of drug-likeness (QED) is 0.838. The van der Waals surface area contributed by atoms with Crippen LogP contribution in [0.5, 0.6) is 0 Å². The third-order valence-electron chi connectivity index (χ3n) is 3.42. The molecule has 4 nitrogen and oxygen atoms in total. The molecule has 0 aliphatic heterocycles. The van der Waals surface area contributed by atoms with Gasteiger partial charge in [0.25, 0.3) is 0 Å². The molecule has 0 aliphatic rings. The average molecular weight is 249 g/mol. The van der Waals surface area contributed by atoms with Gasteiger partial charge < -0.3 is 10.6 Å². The predicted molar refractivity (Wildman–Crippen MR) is 72.9 cm³/mol. The van der Waals surface area contributed by atoms with E-state index in [1.165, 1.54) is 0 Å². The van der Waals surface area contributed by atoms with Crippen LogP contribution in [0.15, 0.2) is 24.5 Å². The first-order chi connectivity index (χ1) is 8.56. The van der Waals surface area contributed by atoms with Gasteiger partial charge in [-0.15, -0.1) is 0 Å². The Morgan fingerprint density at radius 1 is 1.39 bits per heavy atom. The topological polar surface area (TPSA) is 59.2 Å². The zero-order valence-electron chi connectivity index (χ0n) is 11.5. The Labute approximate surface area is 109 Å². The summed E-state index contributed by atoms with van der Waals surface area (Å²) in [5, 5.41) is 0.